The quantitative estimate of drug-likeness (QED) is 0.631. The Hall–Kier alpha value is -0.890. The number of aromatic nitrogens is 2. The minimum absolute atomic E-state index is 0.0464. The number of rotatable bonds is 4. The fourth-order valence-corrected chi connectivity index (χ4v) is 3.98. The van der Waals surface area contributed by atoms with Crippen LogP contribution in [0.5, 0.6) is 0 Å². The van der Waals surface area contributed by atoms with Crippen molar-refractivity contribution in [2.45, 2.75) is 5.16 Å². The Labute approximate surface area is 125 Å². The molecular weight excluding hydrogens is 294 g/mol. The molecule has 20 heavy (non-hydrogen) atoms. The van der Waals surface area contributed by atoms with E-state index in [4.69, 9.17) is 4.74 Å². The molecule has 5 nitrogen and oxygen atoms in total. The Kier molecular flexibility index (Phi) is 4.40. The van der Waals surface area contributed by atoms with E-state index in [2.05, 4.69) is 9.88 Å². The highest BCUT2D eigenvalue weighted by molar-refractivity contribution is 7.99. The minimum Gasteiger partial charge on any atom is -0.379 e. The summed E-state index contributed by atoms with van der Waals surface area (Å²) in [6, 6.07) is 1.84. The highest BCUT2D eigenvalue weighted by Gasteiger charge is 2.12. The molecule has 0 atom stereocenters. The predicted octanol–water partition coefficient (Wildman–Crippen LogP) is 1.42. The summed E-state index contributed by atoms with van der Waals surface area (Å²) in [5, 5.41) is 3.44. The number of hydrogen-bond donors (Lipinski definition) is 0. The number of thioether (sulfide) groups is 1. The third-order valence-electron chi connectivity index (χ3n) is 3.41. The molecule has 0 N–H and O–H groups in total. The van der Waals surface area contributed by atoms with Gasteiger partial charge >= 0.3 is 0 Å². The van der Waals surface area contributed by atoms with Crippen LogP contribution in [-0.2, 0) is 11.8 Å². The van der Waals surface area contributed by atoms with Gasteiger partial charge in [-0.05, 0) is 11.4 Å². The van der Waals surface area contributed by atoms with Crippen molar-refractivity contribution >= 4 is 33.3 Å². The molecule has 1 fully saturated rings. The van der Waals surface area contributed by atoms with Crippen LogP contribution in [0, 0.1) is 0 Å². The van der Waals surface area contributed by atoms with Crippen molar-refractivity contribution < 1.29 is 4.74 Å². The third kappa shape index (κ3) is 2.90. The minimum atomic E-state index is 0.0464. The van der Waals surface area contributed by atoms with Crippen LogP contribution < -0.4 is 5.56 Å². The molecule has 2 aromatic heterocycles. The van der Waals surface area contributed by atoms with E-state index < -0.39 is 0 Å². The van der Waals surface area contributed by atoms with Gasteiger partial charge in [0.05, 0.1) is 18.6 Å². The molecule has 0 unspecified atom stereocenters. The smallest absolute Gasteiger partial charge is 0.262 e. The Bertz CT molecular complexity index is 647. The summed E-state index contributed by atoms with van der Waals surface area (Å²) in [4.78, 5) is 20.0. The summed E-state index contributed by atoms with van der Waals surface area (Å²) in [5.74, 6) is 0.942. The first-order chi connectivity index (χ1) is 9.75. The zero-order valence-corrected chi connectivity index (χ0v) is 13.0. The largest absolute Gasteiger partial charge is 0.379 e. The number of ether oxygens (including phenoxy) is 1. The first-order valence-corrected chi connectivity index (χ1v) is 8.49. The van der Waals surface area contributed by atoms with Crippen LogP contribution in [0.1, 0.15) is 0 Å². The molecule has 0 spiro atoms. The summed E-state index contributed by atoms with van der Waals surface area (Å²) in [6.07, 6.45) is 0. The van der Waals surface area contributed by atoms with Crippen LogP contribution >= 0.6 is 23.1 Å². The molecule has 0 amide bonds. The highest BCUT2D eigenvalue weighted by atomic mass is 32.2. The molecular formula is C13H17N3O2S2. The maximum Gasteiger partial charge on any atom is 0.262 e. The van der Waals surface area contributed by atoms with Gasteiger partial charge in [-0.3, -0.25) is 14.3 Å². The summed E-state index contributed by atoms with van der Waals surface area (Å²) in [6.45, 7) is 4.64. The zero-order valence-electron chi connectivity index (χ0n) is 11.4. The lowest BCUT2D eigenvalue weighted by atomic mass is 10.4. The molecule has 0 aromatic carbocycles. The Morgan fingerprint density at radius 1 is 1.45 bits per heavy atom. The molecule has 0 saturated carbocycles. The van der Waals surface area contributed by atoms with Crippen LogP contribution in [0.2, 0.25) is 0 Å². The van der Waals surface area contributed by atoms with Crippen molar-refractivity contribution in [1.82, 2.24) is 14.5 Å². The standard InChI is InChI=1S/C13H17N3O2S2/c1-15-12(17)10-2-8-19-11(10)14-13(15)20-9-5-16-3-6-18-7-4-16/h2,8H,3-7,9H2,1H3. The molecule has 1 saturated heterocycles. The van der Waals surface area contributed by atoms with E-state index >= 15 is 0 Å². The second kappa shape index (κ2) is 6.26. The van der Waals surface area contributed by atoms with E-state index in [1.165, 1.54) is 11.3 Å². The molecule has 1 aliphatic rings. The van der Waals surface area contributed by atoms with Gasteiger partial charge in [0.2, 0.25) is 0 Å². The molecule has 1 aliphatic heterocycles. The summed E-state index contributed by atoms with van der Waals surface area (Å²) < 4.78 is 6.99. The van der Waals surface area contributed by atoms with E-state index in [-0.39, 0.29) is 5.56 Å². The predicted molar refractivity (Wildman–Crippen MR) is 82.8 cm³/mol. The summed E-state index contributed by atoms with van der Waals surface area (Å²) in [5.41, 5.74) is 0.0464. The van der Waals surface area contributed by atoms with Gasteiger partial charge in [-0.2, -0.15) is 0 Å². The Morgan fingerprint density at radius 3 is 3.05 bits per heavy atom. The van der Waals surface area contributed by atoms with Crippen molar-refractivity contribution in [2.75, 3.05) is 38.6 Å². The Morgan fingerprint density at radius 2 is 2.25 bits per heavy atom. The monoisotopic (exact) mass is 311 g/mol. The van der Waals surface area contributed by atoms with Gasteiger partial charge < -0.3 is 4.74 Å². The number of hydrogen-bond acceptors (Lipinski definition) is 6. The number of nitrogens with zero attached hydrogens (tertiary/aromatic N) is 3. The fraction of sp³-hybridized carbons (Fsp3) is 0.538. The molecule has 0 bridgehead atoms. The normalized spacial score (nSPS) is 16.9. The van der Waals surface area contributed by atoms with Gasteiger partial charge in [-0.25, -0.2) is 4.98 Å². The van der Waals surface area contributed by atoms with Crippen LogP contribution in [0.25, 0.3) is 10.2 Å². The lowest BCUT2D eigenvalue weighted by Gasteiger charge is -2.26. The molecule has 0 radical (unpaired) electrons. The van der Waals surface area contributed by atoms with E-state index in [0.717, 1.165) is 54.0 Å². The number of fused-ring (bicyclic) bond motifs is 1. The Balaban J connectivity index is 1.67. The molecule has 0 aliphatic carbocycles. The van der Waals surface area contributed by atoms with E-state index in [9.17, 15) is 4.79 Å². The second-order valence-corrected chi connectivity index (χ2v) is 6.66. The van der Waals surface area contributed by atoms with Gasteiger partial charge in [0.1, 0.15) is 4.83 Å². The molecule has 2 aromatic rings. The van der Waals surface area contributed by atoms with Gasteiger partial charge in [0, 0.05) is 32.4 Å². The lowest BCUT2D eigenvalue weighted by molar-refractivity contribution is 0.0410. The van der Waals surface area contributed by atoms with Crippen LogP contribution in [0.3, 0.4) is 0 Å². The van der Waals surface area contributed by atoms with Crippen molar-refractivity contribution in [3.05, 3.63) is 21.8 Å². The molecule has 7 heteroatoms. The first-order valence-electron chi connectivity index (χ1n) is 6.63. The fourth-order valence-electron chi connectivity index (χ4n) is 2.20. The maximum atomic E-state index is 12.2. The van der Waals surface area contributed by atoms with Crippen LogP contribution in [0.15, 0.2) is 21.4 Å². The maximum absolute atomic E-state index is 12.2. The van der Waals surface area contributed by atoms with E-state index in [1.54, 1.807) is 23.4 Å². The summed E-state index contributed by atoms with van der Waals surface area (Å²) >= 11 is 3.17. The first kappa shape index (κ1) is 14.1. The van der Waals surface area contributed by atoms with E-state index in [1.807, 2.05) is 11.4 Å². The SMILES string of the molecule is Cn1c(SCCN2CCOCC2)nc2sccc2c1=O. The van der Waals surface area contributed by atoms with Crippen LogP contribution in [0.4, 0.5) is 0 Å². The van der Waals surface area contributed by atoms with Crippen molar-refractivity contribution in [2.24, 2.45) is 7.05 Å². The van der Waals surface area contributed by atoms with Gasteiger partial charge in [-0.15, -0.1) is 11.3 Å². The van der Waals surface area contributed by atoms with Gasteiger partial charge in [-0.1, -0.05) is 11.8 Å². The average Bonchev–Trinajstić information content (AvgIpc) is 2.94. The van der Waals surface area contributed by atoms with Crippen molar-refractivity contribution in [1.29, 1.82) is 0 Å². The van der Waals surface area contributed by atoms with Crippen LogP contribution in [-0.4, -0.2) is 53.1 Å². The molecule has 108 valence electrons. The van der Waals surface area contributed by atoms with Crippen molar-refractivity contribution in [3.63, 3.8) is 0 Å². The second-order valence-electron chi connectivity index (χ2n) is 4.70. The lowest BCUT2D eigenvalue weighted by Crippen LogP contribution is -2.37. The van der Waals surface area contributed by atoms with E-state index in [0.29, 0.717) is 0 Å². The average molecular weight is 311 g/mol. The summed E-state index contributed by atoms with van der Waals surface area (Å²) in [7, 11) is 1.80. The van der Waals surface area contributed by atoms with Gasteiger partial charge in [0.15, 0.2) is 5.16 Å². The number of morpholine rings is 1. The topological polar surface area (TPSA) is 47.4 Å². The van der Waals surface area contributed by atoms with Gasteiger partial charge in [0.25, 0.3) is 5.56 Å². The third-order valence-corrected chi connectivity index (χ3v) is 5.22. The molecule has 3 heterocycles. The molecule has 3 rings (SSSR count). The van der Waals surface area contributed by atoms with Crippen molar-refractivity contribution in [3.8, 4) is 0 Å². The number of thiophene rings is 1. The zero-order chi connectivity index (χ0) is 13.9. The highest BCUT2D eigenvalue weighted by Crippen LogP contribution is 2.20.